The monoisotopic (exact) mass is 265 g/mol. The van der Waals surface area contributed by atoms with Gasteiger partial charge in [-0.2, -0.15) is 0 Å². The SMILES string of the molecule is CNC(C)c1nnnn1C(C)c1cccc(Cl)c1. The molecule has 1 aromatic carbocycles. The first-order chi connectivity index (χ1) is 8.63. The topological polar surface area (TPSA) is 55.6 Å². The summed E-state index contributed by atoms with van der Waals surface area (Å²) in [6, 6.07) is 7.88. The number of rotatable bonds is 4. The molecule has 18 heavy (non-hydrogen) atoms. The highest BCUT2D eigenvalue weighted by atomic mass is 35.5. The molecule has 2 atom stereocenters. The fourth-order valence-corrected chi connectivity index (χ4v) is 2.00. The van der Waals surface area contributed by atoms with Crippen LogP contribution in [0.5, 0.6) is 0 Å². The van der Waals surface area contributed by atoms with E-state index >= 15 is 0 Å². The number of tetrazole rings is 1. The van der Waals surface area contributed by atoms with E-state index in [0.29, 0.717) is 0 Å². The Kier molecular flexibility index (Phi) is 3.93. The van der Waals surface area contributed by atoms with Crippen molar-refractivity contribution in [3.8, 4) is 0 Å². The van der Waals surface area contributed by atoms with Crippen molar-refractivity contribution in [2.24, 2.45) is 0 Å². The van der Waals surface area contributed by atoms with Crippen LogP contribution >= 0.6 is 11.6 Å². The summed E-state index contributed by atoms with van der Waals surface area (Å²) in [4.78, 5) is 0. The first kappa shape index (κ1) is 13.0. The lowest BCUT2D eigenvalue weighted by atomic mass is 10.1. The van der Waals surface area contributed by atoms with E-state index < -0.39 is 0 Å². The maximum absolute atomic E-state index is 6.01. The maximum atomic E-state index is 6.01. The van der Waals surface area contributed by atoms with Gasteiger partial charge >= 0.3 is 0 Å². The fourth-order valence-electron chi connectivity index (χ4n) is 1.80. The molecule has 5 nitrogen and oxygen atoms in total. The Labute approximate surface area is 111 Å². The third-order valence-corrected chi connectivity index (χ3v) is 3.27. The van der Waals surface area contributed by atoms with Crippen molar-refractivity contribution >= 4 is 11.6 Å². The molecule has 0 bridgehead atoms. The predicted molar refractivity (Wildman–Crippen MR) is 70.6 cm³/mol. The standard InChI is InChI=1S/C12H16ClN5/c1-8(14-3)12-15-16-17-18(12)9(2)10-5-4-6-11(13)7-10/h4-9,14H,1-3H3. The molecular weight excluding hydrogens is 250 g/mol. The van der Waals surface area contributed by atoms with Crippen molar-refractivity contribution < 1.29 is 0 Å². The van der Waals surface area contributed by atoms with Crippen LogP contribution in [-0.2, 0) is 0 Å². The molecular formula is C12H16ClN5. The lowest BCUT2D eigenvalue weighted by Crippen LogP contribution is -2.21. The molecule has 1 heterocycles. The number of hydrogen-bond acceptors (Lipinski definition) is 4. The van der Waals surface area contributed by atoms with E-state index in [0.717, 1.165) is 16.4 Å². The van der Waals surface area contributed by atoms with Gasteiger partial charge in [-0.3, -0.25) is 0 Å². The Morgan fingerprint density at radius 2 is 2.11 bits per heavy atom. The Morgan fingerprint density at radius 3 is 2.78 bits per heavy atom. The average molecular weight is 266 g/mol. The van der Waals surface area contributed by atoms with Crippen molar-refractivity contribution in [2.45, 2.75) is 25.9 Å². The van der Waals surface area contributed by atoms with Crippen molar-refractivity contribution in [3.05, 3.63) is 40.7 Å². The second kappa shape index (κ2) is 5.46. The summed E-state index contributed by atoms with van der Waals surface area (Å²) in [5.74, 6) is 0.810. The zero-order valence-electron chi connectivity index (χ0n) is 10.6. The highest BCUT2D eigenvalue weighted by Crippen LogP contribution is 2.22. The zero-order chi connectivity index (χ0) is 13.1. The third-order valence-electron chi connectivity index (χ3n) is 3.04. The van der Waals surface area contributed by atoms with E-state index in [-0.39, 0.29) is 12.1 Å². The molecule has 1 aromatic heterocycles. The summed E-state index contributed by atoms with van der Waals surface area (Å²) in [6.45, 7) is 4.07. The largest absolute Gasteiger partial charge is 0.311 e. The minimum absolute atomic E-state index is 0.0458. The van der Waals surface area contributed by atoms with Crippen LogP contribution < -0.4 is 5.32 Å². The van der Waals surface area contributed by atoms with Crippen molar-refractivity contribution in [1.29, 1.82) is 0 Å². The Balaban J connectivity index is 2.34. The van der Waals surface area contributed by atoms with Gasteiger partial charge in [-0.15, -0.1) is 5.10 Å². The Morgan fingerprint density at radius 1 is 1.33 bits per heavy atom. The minimum Gasteiger partial charge on any atom is -0.311 e. The second-order valence-electron chi connectivity index (χ2n) is 4.22. The van der Waals surface area contributed by atoms with Crippen LogP contribution in [0.4, 0.5) is 0 Å². The maximum Gasteiger partial charge on any atom is 0.168 e. The van der Waals surface area contributed by atoms with Crippen LogP contribution in [-0.4, -0.2) is 27.3 Å². The van der Waals surface area contributed by atoms with E-state index in [1.165, 1.54) is 0 Å². The molecule has 0 amide bonds. The van der Waals surface area contributed by atoms with Gasteiger partial charge in [0, 0.05) is 5.02 Å². The smallest absolute Gasteiger partial charge is 0.168 e. The summed E-state index contributed by atoms with van der Waals surface area (Å²) in [7, 11) is 1.88. The van der Waals surface area contributed by atoms with E-state index in [1.54, 1.807) is 0 Å². The molecule has 0 aliphatic rings. The Bertz CT molecular complexity index is 525. The number of nitrogens with one attached hydrogen (secondary N) is 1. The number of aromatic nitrogens is 4. The molecule has 2 unspecified atom stereocenters. The average Bonchev–Trinajstić information content (AvgIpc) is 2.86. The van der Waals surface area contributed by atoms with Gasteiger partial charge in [0.05, 0.1) is 12.1 Å². The van der Waals surface area contributed by atoms with Gasteiger partial charge in [0.1, 0.15) is 0 Å². The molecule has 0 fully saturated rings. The number of benzene rings is 1. The zero-order valence-corrected chi connectivity index (χ0v) is 11.4. The van der Waals surface area contributed by atoms with Gasteiger partial charge in [-0.05, 0) is 49.0 Å². The van der Waals surface area contributed by atoms with Crippen LogP contribution in [0.15, 0.2) is 24.3 Å². The lowest BCUT2D eigenvalue weighted by molar-refractivity contribution is 0.482. The van der Waals surface area contributed by atoms with Crippen LogP contribution in [0.2, 0.25) is 5.02 Å². The van der Waals surface area contributed by atoms with Crippen LogP contribution in [0.3, 0.4) is 0 Å². The normalized spacial score (nSPS) is 14.4. The van der Waals surface area contributed by atoms with Crippen molar-refractivity contribution in [1.82, 2.24) is 25.5 Å². The summed E-state index contributed by atoms with van der Waals surface area (Å²) in [5.41, 5.74) is 1.08. The molecule has 0 saturated heterocycles. The molecule has 96 valence electrons. The van der Waals surface area contributed by atoms with Crippen molar-refractivity contribution in [3.63, 3.8) is 0 Å². The first-order valence-corrected chi connectivity index (χ1v) is 6.21. The highest BCUT2D eigenvalue weighted by molar-refractivity contribution is 6.30. The van der Waals surface area contributed by atoms with E-state index in [1.807, 2.05) is 49.8 Å². The highest BCUT2D eigenvalue weighted by Gasteiger charge is 2.18. The third kappa shape index (κ3) is 2.52. The van der Waals surface area contributed by atoms with Gasteiger partial charge in [0.25, 0.3) is 0 Å². The first-order valence-electron chi connectivity index (χ1n) is 5.84. The number of nitrogens with zero attached hydrogens (tertiary/aromatic N) is 4. The van der Waals surface area contributed by atoms with E-state index in [4.69, 9.17) is 11.6 Å². The quantitative estimate of drug-likeness (QED) is 0.921. The molecule has 0 aliphatic heterocycles. The van der Waals surface area contributed by atoms with E-state index in [9.17, 15) is 0 Å². The van der Waals surface area contributed by atoms with Crippen LogP contribution in [0.25, 0.3) is 0 Å². The van der Waals surface area contributed by atoms with Gasteiger partial charge in [0.15, 0.2) is 5.82 Å². The number of hydrogen-bond donors (Lipinski definition) is 1. The summed E-state index contributed by atoms with van der Waals surface area (Å²) in [5, 5.41) is 15.7. The molecule has 0 aliphatic carbocycles. The molecule has 1 N–H and O–H groups in total. The van der Waals surface area contributed by atoms with Gasteiger partial charge < -0.3 is 5.32 Å². The van der Waals surface area contributed by atoms with Crippen LogP contribution in [0, 0.1) is 0 Å². The Hall–Kier alpha value is -1.46. The van der Waals surface area contributed by atoms with Gasteiger partial charge in [-0.25, -0.2) is 4.68 Å². The van der Waals surface area contributed by atoms with Gasteiger partial charge in [0.2, 0.25) is 0 Å². The van der Waals surface area contributed by atoms with Crippen molar-refractivity contribution in [2.75, 3.05) is 7.05 Å². The molecule has 0 spiro atoms. The fraction of sp³-hybridized carbons (Fsp3) is 0.417. The predicted octanol–water partition coefficient (Wildman–Crippen LogP) is 2.22. The summed E-state index contributed by atoms with van der Waals surface area (Å²) in [6.07, 6.45) is 0. The van der Waals surface area contributed by atoms with E-state index in [2.05, 4.69) is 20.8 Å². The minimum atomic E-state index is 0.0458. The molecule has 2 rings (SSSR count). The summed E-state index contributed by atoms with van der Waals surface area (Å²) < 4.78 is 1.81. The molecule has 0 saturated carbocycles. The molecule has 2 aromatic rings. The van der Waals surface area contributed by atoms with Gasteiger partial charge in [-0.1, -0.05) is 23.7 Å². The molecule has 6 heteroatoms. The summed E-state index contributed by atoms with van der Waals surface area (Å²) >= 11 is 6.01. The van der Waals surface area contributed by atoms with Crippen LogP contribution in [0.1, 0.15) is 37.3 Å². The lowest BCUT2D eigenvalue weighted by Gasteiger charge is -2.16. The number of halogens is 1. The second-order valence-corrected chi connectivity index (χ2v) is 4.66. The molecule has 0 radical (unpaired) electrons.